The molecule has 1 aromatic carbocycles. The number of carbonyl (C=O) groups excluding carboxylic acids is 3. The van der Waals surface area contributed by atoms with Crippen LogP contribution in [0.2, 0.25) is 0 Å². The van der Waals surface area contributed by atoms with Crippen LogP contribution in [0.25, 0.3) is 0 Å². The molecule has 3 fully saturated rings. The molecule has 0 radical (unpaired) electrons. The van der Waals surface area contributed by atoms with E-state index < -0.39 is 0 Å². The van der Waals surface area contributed by atoms with Crippen molar-refractivity contribution in [3.05, 3.63) is 35.9 Å². The molecule has 0 aromatic heterocycles. The third-order valence-corrected chi connectivity index (χ3v) is 6.83. The van der Waals surface area contributed by atoms with Gasteiger partial charge in [0.05, 0.1) is 5.41 Å². The van der Waals surface area contributed by atoms with Gasteiger partial charge in [-0.2, -0.15) is 0 Å². The number of rotatable bonds is 2. The zero-order valence-corrected chi connectivity index (χ0v) is 16.6. The highest BCUT2D eigenvalue weighted by atomic mass is 16.2. The molecule has 1 spiro atoms. The minimum atomic E-state index is -0.377. The fourth-order valence-corrected chi connectivity index (χ4v) is 5.00. The molecule has 4 rings (SSSR count). The van der Waals surface area contributed by atoms with Gasteiger partial charge in [-0.1, -0.05) is 18.2 Å². The Balaban J connectivity index is 1.45. The summed E-state index contributed by atoms with van der Waals surface area (Å²) >= 11 is 0. The van der Waals surface area contributed by atoms with Crippen LogP contribution in [0.3, 0.4) is 0 Å². The molecule has 6 nitrogen and oxygen atoms in total. The summed E-state index contributed by atoms with van der Waals surface area (Å²) < 4.78 is 0. The van der Waals surface area contributed by atoms with Gasteiger partial charge in [0.1, 0.15) is 6.04 Å². The Bertz CT molecular complexity index is 756. The summed E-state index contributed by atoms with van der Waals surface area (Å²) in [4.78, 5) is 44.3. The maximum Gasteiger partial charge on any atom is 0.254 e. The van der Waals surface area contributed by atoms with Crippen LogP contribution in [0.4, 0.5) is 0 Å². The average molecular weight is 383 g/mol. The van der Waals surface area contributed by atoms with Gasteiger partial charge in [0.25, 0.3) is 5.91 Å². The third-order valence-electron chi connectivity index (χ3n) is 6.83. The van der Waals surface area contributed by atoms with Crippen molar-refractivity contribution >= 4 is 17.7 Å². The van der Waals surface area contributed by atoms with E-state index in [1.807, 2.05) is 47.2 Å². The van der Waals surface area contributed by atoms with Crippen LogP contribution in [0.15, 0.2) is 30.3 Å². The van der Waals surface area contributed by atoms with Gasteiger partial charge in [-0.3, -0.25) is 14.4 Å². The van der Waals surface area contributed by atoms with Gasteiger partial charge in [-0.15, -0.1) is 0 Å². The number of likely N-dealkylation sites (tertiary alicyclic amines) is 3. The molecule has 6 heteroatoms. The Hall–Kier alpha value is -2.37. The second-order valence-corrected chi connectivity index (χ2v) is 8.46. The Morgan fingerprint density at radius 2 is 1.64 bits per heavy atom. The number of nitrogens with zero attached hydrogens (tertiary/aromatic N) is 3. The van der Waals surface area contributed by atoms with Crippen molar-refractivity contribution in [3.63, 3.8) is 0 Å². The van der Waals surface area contributed by atoms with Gasteiger partial charge in [0.15, 0.2) is 0 Å². The smallest absolute Gasteiger partial charge is 0.254 e. The summed E-state index contributed by atoms with van der Waals surface area (Å²) in [6.07, 6.45) is 5.00. The number of hydrogen-bond acceptors (Lipinski definition) is 3. The number of benzene rings is 1. The van der Waals surface area contributed by atoms with Crippen molar-refractivity contribution < 1.29 is 14.4 Å². The quantitative estimate of drug-likeness (QED) is 0.786. The lowest BCUT2D eigenvalue weighted by Gasteiger charge is -2.42. The maximum absolute atomic E-state index is 13.3. The van der Waals surface area contributed by atoms with Crippen LogP contribution in [0, 0.1) is 5.41 Å². The van der Waals surface area contributed by atoms with Gasteiger partial charge < -0.3 is 14.7 Å². The molecular formula is C22H29N3O3. The van der Waals surface area contributed by atoms with Crippen molar-refractivity contribution in [3.8, 4) is 0 Å². The molecule has 0 aliphatic carbocycles. The minimum Gasteiger partial charge on any atom is -0.345 e. The van der Waals surface area contributed by atoms with E-state index in [4.69, 9.17) is 0 Å². The molecule has 28 heavy (non-hydrogen) atoms. The van der Waals surface area contributed by atoms with Crippen LogP contribution in [0.1, 0.15) is 48.9 Å². The first-order valence-electron chi connectivity index (χ1n) is 10.4. The monoisotopic (exact) mass is 383 g/mol. The highest BCUT2D eigenvalue weighted by Crippen LogP contribution is 2.41. The Morgan fingerprint density at radius 3 is 2.29 bits per heavy atom. The zero-order chi connectivity index (χ0) is 19.7. The Kier molecular flexibility index (Phi) is 5.13. The SMILES string of the molecule is CN1CCC2(CCN(C(=O)C3CCCCN3C(=O)c3ccccc3)CC2)C1=O. The molecule has 3 heterocycles. The molecular weight excluding hydrogens is 354 g/mol. The van der Waals surface area contributed by atoms with Gasteiger partial charge in [-0.25, -0.2) is 0 Å². The molecule has 0 bridgehead atoms. The van der Waals surface area contributed by atoms with Gasteiger partial charge >= 0.3 is 0 Å². The molecule has 1 atom stereocenters. The second-order valence-electron chi connectivity index (χ2n) is 8.46. The average Bonchev–Trinajstić information content (AvgIpc) is 3.02. The summed E-state index contributed by atoms with van der Waals surface area (Å²) in [7, 11) is 1.86. The summed E-state index contributed by atoms with van der Waals surface area (Å²) in [5.41, 5.74) is 0.372. The van der Waals surface area contributed by atoms with Gasteiger partial charge in [0, 0.05) is 38.8 Å². The van der Waals surface area contributed by atoms with Crippen LogP contribution in [-0.4, -0.2) is 71.7 Å². The topological polar surface area (TPSA) is 60.9 Å². The molecule has 1 unspecified atom stereocenters. The predicted molar refractivity (Wildman–Crippen MR) is 106 cm³/mol. The molecule has 0 saturated carbocycles. The summed E-state index contributed by atoms with van der Waals surface area (Å²) in [5, 5.41) is 0. The van der Waals surface area contributed by atoms with E-state index in [1.54, 1.807) is 4.90 Å². The highest BCUT2D eigenvalue weighted by Gasteiger charge is 2.48. The van der Waals surface area contributed by atoms with E-state index in [0.717, 1.165) is 45.1 Å². The van der Waals surface area contributed by atoms with E-state index in [-0.39, 0.29) is 29.2 Å². The van der Waals surface area contributed by atoms with Crippen molar-refractivity contribution in [2.45, 2.75) is 44.6 Å². The van der Waals surface area contributed by atoms with Crippen LogP contribution >= 0.6 is 0 Å². The van der Waals surface area contributed by atoms with Crippen LogP contribution in [0.5, 0.6) is 0 Å². The van der Waals surface area contributed by atoms with Crippen molar-refractivity contribution in [1.82, 2.24) is 14.7 Å². The van der Waals surface area contributed by atoms with E-state index in [2.05, 4.69) is 0 Å². The minimum absolute atomic E-state index is 0.0534. The lowest BCUT2D eigenvalue weighted by atomic mass is 9.77. The Morgan fingerprint density at radius 1 is 0.964 bits per heavy atom. The lowest BCUT2D eigenvalue weighted by molar-refractivity contribution is -0.144. The maximum atomic E-state index is 13.3. The van der Waals surface area contributed by atoms with E-state index in [0.29, 0.717) is 25.2 Å². The molecule has 3 aliphatic rings. The molecule has 1 aromatic rings. The van der Waals surface area contributed by atoms with E-state index in [9.17, 15) is 14.4 Å². The lowest BCUT2D eigenvalue weighted by Crippen LogP contribution is -2.55. The third kappa shape index (κ3) is 3.29. The van der Waals surface area contributed by atoms with E-state index >= 15 is 0 Å². The first kappa shape index (κ1) is 19.0. The summed E-state index contributed by atoms with van der Waals surface area (Å²) in [6.45, 7) is 2.67. The fraction of sp³-hybridized carbons (Fsp3) is 0.591. The number of carbonyl (C=O) groups is 3. The van der Waals surface area contributed by atoms with Crippen molar-refractivity contribution in [1.29, 1.82) is 0 Å². The van der Waals surface area contributed by atoms with Crippen molar-refractivity contribution in [2.24, 2.45) is 5.41 Å². The molecule has 0 N–H and O–H groups in total. The van der Waals surface area contributed by atoms with E-state index in [1.165, 1.54) is 0 Å². The first-order chi connectivity index (χ1) is 13.5. The predicted octanol–water partition coefficient (Wildman–Crippen LogP) is 2.15. The van der Waals surface area contributed by atoms with Gasteiger partial charge in [-0.05, 0) is 50.7 Å². The standard InChI is InChI=1S/C22H29N3O3/c1-23-14-10-22(21(23)28)11-15-24(16-12-22)20(27)18-9-5-6-13-25(18)19(26)17-7-3-2-4-8-17/h2-4,7-8,18H,5-6,9-16H2,1H3. The number of piperidine rings is 2. The molecule has 150 valence electrons. The molecule has 3 amide bonds. The molecule has 3 aliphatic heterocycles. The van der Waals surface area contributed by atoms with Crippen molar-refractivity contribution in [2.75, 3.05) is 33.2 Å². The second kappa shape index (κ2) is 7.57. The van der Waals surface area contributed by atoms with Crippen LogP contribution < -0.4 is 0 Å². The summed E-state index contributed by atoms with van der Waals surface area (Å²) in [6, 6.07) is 8.84. The summed E-state index contributed by atoms with van der Waals surface area (Å²) in [5.74, 6) is 0.232. The number of amides is 3. The number of hydrogen-bond donors (Lipinski definition) is 0. The largest absolute Gasteiger partial charge is 0.345 e. The zero-order valence-electron chi connectivity index (χ0n) is 16.6. The normalized spacial score (nSPS) is 24.7. The Labute approximate surface area is 166 Å². The fourth-order valence-electron chi connectivity index (χ4n) is 5.00. The molecule has 3 saturated heterocycles. The first-order valence-corrected chi connectivity index (χ1v) is 10.4. The van der Waals surface area contributed by atoms with Crippen LogP contribution in [-0.2, 0) is 9.59 Å². The highest BCUT2D eigenvalue weighted by molar-refractivity contribution is 5.97. The van der Waals surface area contributed by atoms with Gasteiger partial charge in [0.2, 0.25) is 11.8 Å².